The number of benzene rings is 1. The lowest BCUT2D eigenvalue weighted by molar-refractivity contribution is 0.474. The first-order valence-electron chi connectivity index (χ1n) is 3.86. The number of phenolic OH excluding ortho intramolecular Hbond substituents is 1. The molecule has 0 heterocycles. The Balaban J connectivity index is 0.000000364. The monoisotopic (exact) mass is 252 g/mol. The molecule has 0 spiro atoms. The summed E-state index contributed by atoms with van der Waals surface area (Å²) in [5.74, 6) is 0.346. The smallest absolute Gasteiger partial charge is 0.181 e. The molecule has 3 nitrogen and oxygen atoms in total. The first-order chi connectivity index (χ1) is 6.74. The maximum Gasteiger partial charge on any atom is 0.181 e. The molecule has 72 valence electrons. The first kappa shape index (κ1) is 12.5. The highest BCUT2D eigenvalue weighted by Gasteiger charge is 1.91. The summed E-state index contributed by atoms with van der Waals surface area (Å²) in [6.07, 6.45) is 0.967. The predicted molar refractivity (Wildman–Crippen MR) is 56.8 cm³/mol. The Hall–Kier alpha value is -1.52. The average molecular weight is 253 g/mol. The van der Waals surface area contributed by atoms with Gasteiger partial charge in [0.1, 0.15) is 5.75 Å². The Morgan fingerprint density at radius 1 is 1.29 bits per heavy atom. The number of aryl methyl sites for hydroxylation is 1. The summed E-state index contributed by atoms with van der Waals surface area (Å²) >= 11 is 3.33. The average Bonchev–Trinajstić information content (AvgIpc) is 2.19. The Labute approximate surface area is 91.3 Å². The van der Waals surface area contributed by atoms with Crippen molar-refractivity contribution >= 4 is 15.9 Å². The summed E-state index contributed by atoms with van der Waals surface area (Å²) in [5, 5.41) is 24.5. The van der Waals surface area contributed by atoms with Crippen molar-refractivity contribution < 1.29 is 5.11 Å². The molecule has 1 rings (SSSR count). The minimum atomic E-state index is 0.346. The highest BCUT2D eigenvalue weighted by molar-refractivity contribution is 9.09. The minimum Gasteiger partial charge on any atom is -0.508 e. The van der Waals surface area contributed by atoms with Crippen LogP contribution in [0, 0.1) is 22.7 Å². The Morgan fingerprint density at radius 2 is 1.93 bits per heavy atom. The molecule has 0 unspecified atom stereocenters. The number of hydrogen-bond donors (Lipinski definition) is 1. The largest absolute Gasteiger partial charge is 0.508 e. The van der Waals surface area contributed by atoms with Crippen LogP contribution in [0.5, 0.6) is 5.75 Å². The van der Waals surface area contributed by atoms with E-state index in [1.165, 1.54) is 12.1 Å². The van der Waals surface area contributed by atoms with Gasteiger partial charge in [0.2, 0.25) is 0 Å². The van der Waals surface area contributed by atoms with E-state index in [0.717, 1.165) is 17.3 Å². The van der Waals surface area contributed by atoms with Gasteiger partial charge >= 0.3 is 0 Å². The third-order valence-electron chi connectivity index (χ3n) is 1.34. The van der Waals surface area contributed by atoms with Gasteiger partial charge in [-0.1, -0.05) is 28.1 Å². The van der Waals surface area contributed by atoms with Crippen molar-refractivity contribution in [3.8, 4) is 17.9 Å². The number of phenols is 1. The maximum atomic E-state index is 9.02. The fourth-order valence-corrected chi connectivity index (χ4v) is 1.28. The molecule has 0 aliphatic heterocycles. The summed E-state index contributed by atoms with van der Waals surface area (Å²) in [6, 6.07) is 9.79. The molecule has 0 atom stereocenters. The summed E-state index contributed by atoms with van der Waals surface area (Å²) < 4.78 is 0. The van der Waals surface area contributed by atoms with Crippen molar-refractivity contribution in [3.63, 3.8) is 0 Å². The van der Waals surface area contributed by atoms with Crippen molar-refractivity contribution in [2.45, 2.75) is 6.42 Å². The van der Waals surface area contributed by atoms with Gasteiger partial charge in [-0.2, -0.15) is 10.5 Å². The van der Waals surface area contributed by atoms with E-state index in [2.05, 4.69) is 15.9 Å². The summed E-state index contributed by atoms with van der Waals surface area (Å²) in [4.78, 5) is 0. The highest BCUT2D eigenvalue weighted by Crippen LogP contribution is 2.11. The molecule has 0 radical (unpaired) electrons. The molecular formula is C10H9BrN2O. The van der Waals surface area contributed by atoms with E-state index >= 15 is 0 Å². The summed E-state index contributed by atoms with van der Waals surface area (Å²) in [7, 11) is 0. The normalized spacial score (nSPS) is 7.64. The van der Waals surface area contributed by atoms with Gasteiger partial charge in [0.25, 0.3) is 0 Å². The highest BCUT2D eigenvalue weighted by atomic mass is 79.9. The van der Waals surface area contributed by atoms with Crippen LogP contribution < -0.4 is 0 Å². The molecule has 14 heavy (non-hydrogen) atoms. The van der Waals surface area contributed by atoms with E-state index in [9.17, 15) is 0 Å². The molecule has 0 aliphatic carbocycles. The van der Waals surface area contributed by atoms with Gasteiger partial charge < -0.3 is 5.11 Å². The second kappa shape index (κ2) is 8.10. The molecule has 0 saturated heterocycles. The van der Waals surface area contributed by atoms with E-state index < -0.39 is 0 Å². The number of rotatable bonds is 2. The van der Waals surface area contributed by atoms with Gasteiger partial charge in [-0.3, -0.25) is 0 Å². The molecule has 0 aromatic heterocycles. The zero-order valence-electron chi connectivity index (χ0n) is 7.44. The lowest BCUT2D eigenvalue weighted by atomic mass is 10.2. The Morgan fingerprint density at radius 3 is 2.36 bits per heavy atom. The van der Waals surface area contributed by atoms with E-state index in [-0.39, 0.29) is 0 Å². The number of alkyl halides is 1. The van der Waals surface area contributed by atoms with Gasteiger partial charge in [-0.15, -0.1) is 0 Å². The molecule has 1 N–H and O–H groups in total. The van der Waals surface area contributed by atoms with Crippen LogP contribution in [0.25, 0.3) is 0 Å². The molecule has 1 aromatic rings. The fraction of sp³-hybridized carbons (Fsp3) is 0.200. The lowest BCUT2D eigenvalue weighted by Crippen LogP contribution is -1.83. The standard InChI is InChI=1S/C8H9BrO.C2N2/c9-5-4-7-2-1-3-8(10)6-7;3-1-2-4/h1-3,6,10H,4-5H2;. The second-order valence-electron chi connectivity index (χ2n) is 2.33. The van der Waals surface area contributed by atoms with Gasteiger partial charge in [-0.05, 0) is 24.1 Å². The molecule has 0 aliphatic rings. The molecule has 0 fully saturated rings. The zero-order valence-corrected chi connectivity index (χ0v) is 9.03. The van der Waals surface area contributed by atoms with Crippen molar-refractivity contribution in [3.05, 3.63) is 29.8 Å². The topological polar surface area (TPSA) is 67.8 Å². The third-order valence-corrected chi connectivity index (χ3v) is 1.74. The number of halogens is 1. The molecule has 0 saturated carbocycles. The van der Waals surface area contributed by atoms with Crippen molar-refractivity contribution in [1.82, 2.24) is 0 Å². The van der Waals surface area contributed by atoms with Gasteiger partial charge in [0.15, 0.2) is 12.1 Å². The molecular weight excluding hydrogens is 244 g/mol. The van der Waals surface area contributed by atoms with Crippen LogP contribution in [0.4, 0.5) is 0 Å². The van der Waals surface area contributed by atoms with Crippen LogP contribution in [0.1, 0.15) is 5.56 Å². The first-order valence-corrected chi connectivity index (χ1v) is 4.98. The van der Waals surface area contributed by atoms with Gasteiger partial charge in [-0.25, -0.2) is 0 Å². The van der Waals surface area contributed by atoms with E-state index in [1.54, 1.807) is 12.1 Å². The van der Waals surface area contributed by atoms with E-state index in [0.29, 0.717) is 5.75 Å². The number of aromatic hydroxyl groups is 1. The predicted octanol–water partition coefficient (Wildman–Crippen LogP) is 2.36. The molecule has 1 aromatic carbocycles. The summed E-state index contributed by atoms with van der Waals surface area (Å²) in [5.41, 5.74) is 1.16. The van der Waals surface area contributed by atoms with Crippen molar-refractivity contribution in [1.29, 1.82) is 10.5 Å². The zero-order chi connectivity index (χ0) is 10.8. The molecule has 4 heteroatoms. The Kier molecular flexibility index (Phi) is 7.22. The van der Waals surface area contributed by atoms with Crippen molar-refractivity contribution in [2.24, 2.45) is 0 Å². The van der Waals surface area contributed by atoms with Gasteiger partial charge in [0.05, 0.1) is 0 Å². The molecule has 0 bridgehead atoms. The number of hydrogen-bond acceptors (Lipinski definition) is 3. The third kappa shape index (κ3) is 6.05. The SMILES string of the molecule is N#CC#N.Oc1cccc(CCBr)c1. The van der Waals surface area contributed by atoms with Crippen LogP contribution >= 0.6 is 15.9 Å². The van der Waals surface area contributed by atoms with E-state index in [1.807, 2.05) is 12.1 Å². The summed E-state index contributed by atoms with van der Waals surface area (Å²) in [6.45, 7) is 0. The number of nitriles is 2. The van der Waals surface area contributed by atoms with Gasteiger partial charge in [0, 0.05) is 5.33 Å². The second-order valence-corrected chi connectivity index (χ2v) is 3.13. The van der Waals surface area contributed by atoms with Crippen LogP contribution in [0.2, 0.25) is 0 Å². The van der Waals surface area contributed by atoms with Crippen LogP contribution in [0.3, 0.4) is 0 Å². The van der Waals surface area contributed by atoms with Crippen molar-refractivity contribution in [2.75, 3.05) is 5.33 Å². The minimum absolute atomic E-state index is 0.346. The van der Waals surface area contributed by atoms with Crippen LogP contribution in [-0.2, 0) is 6.42 Å². The lowest BCUT2D eigenvalue weighted by Gasteiger charge is -1.96. The molecule has 0 amide bonds. The number of nitrogens with zero attached hydrogens (tertiary/aromatic N) is 2. The quantitative estimate of drug-likeness (QED) is 0.822. The fourth-order valence-electron chi connectivity index (χ4n) is 0.821. The van der Waals surface area contributed by atoms with Crippen LogP contribution in [-0.4, -0.2) is 10.4 Å². The van der Waals surface area contributed by atoms with Crippen LogP contribution in [0.15, 0.2) is 24.3 Å². The Bertz CT molecular complexity index is 340. The van der Waals surface area contributed by atoms with E-state index in [4.69, 9.17) is 15.6 Å². The maximum absolute atomic E-state index is 9.02.